The Morgan fingerprint density at radius 3 is 2.85 bits per heavy atom. The summed E-state index contributed by atoms with van der Waals surface area (Å²) in [7, 11) is 0. The van der Waals surface area contributed by atoms with Crippen molar-refractivity contribution in [3.8, 4) is 0 Å². The van der Waals surface area contributed by atoms with Crippen LogP contribution >= 0.6 is 11.3 Å². The largest absolute Gasteiger partial charge is 0.441 e. The van der Waals surface area contributed by atoms with E-state index in [1.54, 1.807) is 11.3 Å². The molecule has 0 spiro atoms. The molecule has 0 fully saturated rings. The zero-order valence-corrected chi connectivity index (χ0v) is 11.8. The first kappa shape index (κ1) is 11.6. The van der Waals surface area contributed by atoms with Crippen LogP contribution in [0.2, 0.25) is 0 Å². The van der Waals surface area contributed by atoms with Crippen molar-refractivity contribution in [2.75, 3.05) is 0 Å². The van der Waals surface area contributed by atoms with Gasteiger partial charge in [-0.3, -0.25) is 0 Å². The second-order valence-corrected chi connectivity index (χ2v) is 5.90. The van der Waals surface area contributed by atoms with E-state index in [9.17, 15) is 0 Å². The molecule has 3 nitrogen and oxygen atoms in total. The standard InChI is InChI=1S/C16H12N2OS/c1-10-17-12-7-6-11(8-14(12)19-10)9-16-18-13-4-2-3-5-15(13)20-16/h2-8H,9H2,1H3. The fraction of sp³-hybridized carbons (Fsp3) is 0.125. The normalized spacial score (nSPS) is 11.4. The third kappa shape index (κ3) is 1.98. The first-order valence-corrected chi connectivity index (χ1v) is 7.30. The topological polar surface area (TPSA) is 38.9 Å². The van der Waals surface area contributed by atoms with Crippen LogP contribution in [-0.4, -0.2) is 9.97 Å². The van der Waals surface area contributed by atoms with E-state index in [0.717, 1.165) is 28.0 Å². The molecule has 98 valence electrons. The molecule has 0 saturated carbocycles. The van der Waals surface area contributed by atoms with E-state index in [1.807, 2.05) is 25.1 Å². The van der Waals surface area contributed by atoms with Gasteiger partial charge in [0.1, 0.15) is 5.52 Å². The summed E-state index contributed by atoms with van der Waals surface area (Å²) >= 11 is 1.75. The number of hydrogen-bond acceptors (Lipinski definition) is 4. The van der Waals surface area contributed by atoms with Gasteiger partial charge >= 0.3 is 0 Å². The molecule has 0 aliphatic rings. The van der Waals surface area contributed by atoms with Gasteiger partial charge in [0, 0.05) is 13.3 Å². The van der Waals surface area contributed by atoms with Crippen molar-refractivity contribution < 1.29 is 4.42 Å². The van der Waals surface area contributed by atoms with E-state index >= 15 is 0 Å². The maximum absolute atomic E-state index is 5.58. The van der Waals surface area contributed by atoms with Crippen molar-refractivity contribution in [3.05, 3.63) is 58.9 Å². The fourth-order valence-electron chi connectivity index (χ4n) is 2.36. The summed E-state index contributed by atoms with van der Waals surface area (Å²) in [6.45, 7) is 1.87. The molecule has 4 heteroatoms. The molecule has 0 amide bonds. The quantitative estimate of drug-likeness (QED) is 0.548. The number of benzene rings is 2. The minimum atomic E-state index is 0.706. The molecule has 0 bridgehead atoms. The number of thiazole rings is 1. The van der Waals surface area contributed by atoms with Gasteiger partial charge in [-0.2, -0.15) is 0 Å². The van der Waals surface area contributed by atoms with E-state index in [0.29, 0.717) is 5.89 Å². The molecule has 0 saturated heterocycles. The highest BCUT2D eigenvalue weighted by Gasteiger charge is 2.07. The van der Waals surface area contributed by atoms with Crippen LogP contribution in [0.25, 0.3) is 21.3 Å². The van der Waals surface area contributed by atoms with Gasteiger partial charge in [0.25, 0.3) is 0 Å². The average Bonchev–Trinajstić information content (AvgIpc) is 2.99. The number of nitrogens with zero attached hydrogens (tertiary/aromatic N) is 2. The SMILES string of the molecule is Cc1nc2ccc(Cc3nc4ccccc4s3)cc2o1. The van der Waals surface area contributed by atoms with Crippen molar-refractivity contribution in [3.63, 3.8) is 0 Å². The zero-order valence-electron chi connectivity index (χ0n) is 11.0. The van der Waals surface area contributed by atoms with Crippen LogP contribution in [0, 0.1) is 6.92 Å². The molecule has 0 atom stereocenters. The predicted molar refractivity (Wildman–Crippen MR) is 81.2 cm³/mol. The third-order valence-electron chi connectivity index (χ3n) is 3.25. The van der Waals surface area contributed by atoms with Crippen molar-refractivity contribution in [2.24, 2.45) is 0 Å². The van der Waals surface area contributed by atoms with Gasteiger partial charge in [-0.1, -0.05) is 18.2 Å². The van der Waals surface area contributed by atoms with Crippen LogP contribution < -0.4 is 0 Å². The highest BCUT2D eigenvalue weighted by molar-refractivity contribution is 7.18. The van der Waals surface area contributed by atoms with Crippen LogP contribution in [0.3, 0.4) is 0 Å². The molecule has 0 N–H and O–H groups in total. The molecule has 0 aliphatic carbocycles. The van der Waals surface area contributed by atoms with E-state index in [4.69, 9.17) is 4.42 Å². The monoisotopic (exact) mass is 280 g/mol. The molecule has 4 rings (SSSR count). The second-order valence-electron chi connectivity index (χ2n) is 4.79. The van der Waals surface area contributed by atoms with Crippen LogP contribution in [-0.2, 0) is 6.42 Å². The number of oxazole rings is 1. The summed E-state index contributed by atoms with van der Waals surface area (Å²) in [6, 6.07) is 14.4. The molecule has 0 radical (unpaired) electrons. The third-order valence-corrected chi connectivity index (χ3v) is 4.29. The summed E-state index contributed by atoms with van der Waals surface area (Å²) in [5.74, 6) is 0.706. The number of rotatable bonds is 2. The van der Waals surface area contributed by atoms with E-state index in [-0.39, 0.29) is 0 Å². The molecule has 0 aliphatic heterocycles. The number of para-hydroxylation sites is 1. The molecule has 20 heavy (non-hydrogen) atoms. The summed E-state index contributed by atoms with van der Waals surface area (Å²) in [6.07, 6.45) is 0.828. The summed E-state index contributed by atoms with van der Waals surface area (Å²) in [5, 5.41) is 1.13. The zero-order chi connectivity index (χ0) is 13.5. The minimum absolute atomic E-state index is 0.706. The lowest BCUT2D eigenvalue weighted by Crippen LogP contribution is -1.86. The Balaban J connectivity index is 1.72. The Bertz CT molecular complexity index is 874. The Morgan fingerprint density at radius 1 is 1.05 bits per heavy atom. The second kappa shape index (κ2) is 4.42. The van der Waals surface area contributed by atoms with Crippen molar-refractivity contribution >= 4 is 32.7 Å². The van der Waals surface area contributed by atoms with Crippen molar-refractivity contribution in [2.45, 2.75) is 13.3 Å². The first-order chi connectivity index (χ1) is 9.78. The highest BCUT2D eigenvalue weighted by atomic mass is 32.1. The van der Waals surface area contributed by atoms with Crippen molar-refractivity contribution in [1.82, 2.24) is 9.97 Å². The smallest absolute Gasteiger partial charge is 0.192 e. The Morgan fingerprint density at radius 2 is 1.95 bits per heavy atom. The lowest BCUT2D eigenvalue weighted by Gasteiger charge is -1.96. The van der Waals surface area contributed by atoms with Crippen LogP contribution in [0.5, 0.6) is 0 Å². The van der Waals surface area contributed by atoms with E-state index in [2.05, 4.69) is 34.2 Å². The summed E-state index contributed by atoms with van der Waals surface area (Å²) in [5.41, 5.74) is 4.04. The Labute approximate surface area is 119 Å². The fourth-order valence-corrected chi connectivity index (χ4v) is 3.37. The van der Waals surface area contributed by atoms with Crippen LogP contribution in [0.1, 0.15) is 16.5 Å². The summed E-state index contributed by atoms with van der Waals surface area (Å²) < 4.78 is 6.81. The van der Waals surface area contributed by atoms with Gasteiger partial charge in [0.2, 0.25) is 0 Å². The maximum atomic E-state index is 5.58. The van der Waals surface area contributed by atoms with Gasteiger partial charge in [0.05, 0.1) is 15.2 Å². The molecule has 4 aromatic rings. The molecular weight excluding hydrogens is 268 g/mol. The molecule has 2 aromatic carbocycles. The average molecular weight is 280 g/mol. The Hall–Kier alpha value is -2.20. The van der Waals surface area contributed by atoms with Crippen LogP contribution in [0.4, 0.5) is 0 Å². The van der Waals surface area contributed by atoms with Gasteiger partial charge < -0.3 is 4.42 Å². The number of aromatic nitrogens is 2. The van der Waals surface area contributed by atoms with E-state index < -0.39 is 0 Å². The van der Waals surface area contributed by atoms with Gasteiger partial charge in [-0.25, -0.2) is 9.97 Å². The van der Waals surface area contributed by atoms with Gasteiger partial charge in [0.15, 0.2) is 11.5 Å². The Kier molecular flexibility index (Phi) is 2.57. The lowest BCUT2D eigenvalue weighted by atomic mass is 10.1. The predicted octanol–water partition coefficient (Wildman–Crippen LogP) is 4.34. The van der Waals surface area contributed by atoms with Crippen molar-refractivity contribution in [1.29, 1.82) is 0 Å². The first-order valence-electron chi connectivity index (χ1n) is 6.48. The lowest BCUT2D eigenvalue weighted by molar-refractivity contribution is 0.561. The molecular formula is C16H12N2OS. The summed E-state index contributed by atoms with van der Waals surface area (Å²) in [4.78, 5) is 8.98. The van der Waals surface area contributed by atoms with Gasteiger partial charge in [-0.15, -0.1) is 11.3 Å². The number of aryl methyl sites for hydroxylation is 1. The molecule has 0 unspecified atom stereocenters. The highest BCUT2D eigenvalue weighted by Crippen LogP contribution is 2.25. The molecule has 2 heterocycles. The number of hydrogen-bond donors (Lipinski definition) is 0. The maximum Gasteiger partial charge on any atom is 0.192 e. The van der Waals surface area contributed by atoms with Crippen LogP contribution in [0.15, 0.2) is 46.9 Å². The minimum Gasteiger partial charge on any atom is -0.441 e. The molecule has 2 aromatic heterocycles. The van der Waals surface area contributed by atoms with Gasteiger partial charge in [-0.05, 0) is 29.8 Å². The number of fused-ring (bicyclic) bond motifs is 2. The van der Waals surface area contributed by atoms with E-state index in [1.165, 1.54) is 10.3 Å².